The summed E-state index contributed by atoms with van der Waals surface area (Å²) in [6.45, 7) is -0.442. The van der Waals surface area contributed by atoms with E-state index in [0.717, 1.165) is 6.26 Å². The molecule has 0 spiro atoms. The summed E-state index contributed by atoms with van der Waals surface area (Å²) in [6, 6.07) is 0. The second-order valence-electron chi connectivity index (χ2n) is 3.60. The van der Waals surface area contributed by atoms with E-state index >= 15 is 0 Å². The molecular formula is C7H14F3NO4S2. The third-order valence-corrected chi connectivity index (χ3v) is 5.31. The molecule has 0 heterocycles. The summed E-state index contributed by atoms with van der Waals surface area (Å²) in [5.74, 6) is -1.87. The van der Waals surface area contributed by atoms with Crippen LogP contribution in [0.5, 0.6) is 0 Å². The lowest BCUT2D eigenvalue weighted by Crippen LogP contribution is -2.40. The first-order valence-electron chi connectivity index (χ1n) is 4.56. The zero-order valence-corrected chi connectivity index (χ0v) is 10.7. The van der Waals surface area contributed by atoms with Crippen LogP contribution in [0.4, 0.5) is 13.2 Å². The Morgan fingerprint density at radius 2 is 1.59 bits per heavy atom. The van der Waals surface area contributed by atoms with Gasteiger partial charge in [0.15, 0.2) is 15.1 Å². The maximum absolute atomic E-state index is 12.4. The van der Waals surface area contributed by atoms with E-state index in [1.165, 1.54) is 0 Å². The molecule has 5 nitrogen and oxygen atoms in total. The van der Waals surface area contributed by atoms with Crippen molar-refractivity contribution in [3.8, 4) is 0 Å². The standard InChI is InChI=1S/C7H14F3NO4S2/c1-16(12,13)4-5-17(14,15)6(2-3-11)7(8,9)10/h6H,2-5,11H2,1H3. The van der Waals surface area contributed by atoms with Crippen molar-refractivity contribution in [3.05, 3.63) is 0 Å². The van der Waals surface area contributed by atoms with Gasteiger partial charge in [0.05, 0.1) is 11.5 Å². The Morgan fingerprint density at radius 3 is 1.88 bits per heavy atom. The van der Waals surface area contributed by atoms with E-state index in [-0.39, 0.29) is 0 Å². The smallest absolute Gasteiger partial charge is 0.330 e. The van der Waals surface area contributed by atoms with Gasteiger partial charge in [0.1, 0.15) is 9.84 Å². The zero-order chi connectivity index (χ0) is 13.9. The molecule has 0 amide bonds. The highest BCUT2D eigenvalue weighted by Crippen LogP contribution is 2.28. The first-order valence-corrected chi connectivity index (χ1v) is 8.34. The molecule has 0 rings (SSSR count). The normalized spacial score (nSPS) is 15.8. The molecule has 0 aliphatic carbocycles. The van der Waals surface area contributed by atoms with Crippen molar-refractivity contribution in [1.82, 2.24) is 0 Å². The van der Waals surface area contributed by atoms with Gasteiger partial charge in [-0.2, -0.15) is 13.2 Å². The van der Waals surface area contributed by atoms with Crippen molar-refractivity contribution in [2.24, 2.45) is 5.73 Å². The van der Waals surface area contributed by atoms with Gasteiger partial charge in [-0.25, -0.2) is 16.8 Å². The topological polar surface area (TPSA) is 94.3 Å². The molecule has 0 aromatic rings. The van der Waals surface area contributed by atoms with Crippen molar-refractivity contribution in [2.45, 2.75) is 17.8 Å². The van der Waals surface area contributed by atoms with Gasteiger partial charge in [0.2, 0.25) is 0 Å². The summed E-state index contributed by atoms with van der Waals surface area (Å²) in [5.41, 5.74) is 4.92. The highest BCUT2D eigenvalue weighted by atomic mass is 32.2. The largest absolute Gasteiger partial charge is 0.405 e. The lowest BCUT2D eigenvalue weighted by molar-refractivity contribution is -0.131. The summed E-state index contributed by atoms with van der Waals surface area (Å²) in [7, 11) is -8.19. The van der Waals surface area contributed by atoms with Crippen molar-refractivity contribution in [3.63, 3.8) is 0 Å². The number of nitrogens with two attached hydrogens (primary N) is 1. The molecule has 2 N–H and O–H groups in total. The van der Waals surface area contributed by atoms with Gasteiger partial charge in [0.25, 0.3) is 0 Å². The van der Waals surface area contributed by atoms with Crippen LogP contribution in [0.15, 0.2) is 0 Å². The predicted octanol–water partition coefficient (Wildman–Crippen LogP) is -0.275. The van der Waals surface area contributed by atoms with Gasteiger partial charge in [-0.1, -0.05) is 0 Å². The van der Waals surface area contributed by atoms with Crippen LogP contribution < -0.4 is 5.73 Å². The van der Waals surface area contributed by atoms with Gasteiger partial charge in [-0.3, -0.25) is 0 Å². The van der Waals surface area contributed by atoms with Crippen LogP contribution in [0.25, 0.3) is 0 Å². The number of hydrogen-bond donors (Lipinski definition) is 1. The first kappa shape index (κ1) is 16.6. The Bertz CT molecular complexity index is 440. The van der Waals surface area contributed by atoms with Crippen molar-refractivity contribution in [2.75, 3.05) is 24.3 Å². The fraction of sp³-hybridized carbons (Fsp3) is 1.00. The number of sulfone groups is 2. The predicted molar refractivity (Wildman–Crippen MR) is 57.0 cm³/mol. The molecule has 0 bridgehead atoms. The average Bonchev–Trinajstić information content (AvgIpc) is 2.08. The van der Waals surface area contributed by atoms with E-state index in [1.54, 1.807) is 0 Å². The summed E-state index contributed by atoms with van der Waals surface area (Å²) in [4.78, 5) is 0. The zero-order valence-electron chi connectivity index (χ0n) is 9.07. The molecule has 1 atom stereocenters. The van der Waals surface area contributed by atoms with E-state index in [1.807, 2.05) is 0 Å². The second kappa shape index (κ2) is 5.53. The molecule has 0 aliphatic heterocycles. The van der Waals surface area contributed by atoms with Gasteiger partial charge in [-0.05, 0) is 13.0 Å². The highest BCUT2D eigenvalue weighted by Gasteiger charge is 2.47. The molecule has 104 valence electrons. The minimum Gasteiger partial charge on any atom is -0.330 e. The summed E-state index contributed by atoms with van der Waals surface area (Å²) in [6.07, 6.45) is -4.95. The van der Waals surface area contributed by atoms with Crippen molar-refractivity contribution < 1.29 is 30.0 Å². The molecule has 1 unspecified atom stereocenters. The summed E-state index contributed by atoms with van der Waals surface area (Å²) < 4.78 is 81.5. The van der Waals surface area contributed by atoms with Gasteiger partial charge < -0.3 is 5.73 Å². The van der Waals surface area contributed by atoms with Crippen LogP contribution in [0.2, 0.25) is 0 Å². The van der Waals surface area contributed by atoms with Crippen LogP contribution in [0, 0.1) is 0 Å². The summed E-state index contributed by atoms with van der Waals surface area (Å²) >= 11 is 0. The van der Waals surface area contributed by atoms with Gasteiger partial charge in [-0.15, -0.1) is 0 Å². The lowest BCUT2D eigenvalue weighted by Gasteiger charge is -2.19. The SMILES string of the molecule is CS(=O)(=O)CCS(=O)(=O)C(CCN)C(F)(F)F. The molecule has 0 radical (unpaired) electrons. The summed E-state index contributed by atoms with van der Waals surface area (Å²) in [5, 5.41) is -2.60. The molecule has 0 saturated carbocycles. The third-order valence-electron chi connectivity index (χ3n) is 1.97. The monoisotopic (exact) mass is 297 g/mol. The fourth-order valence-electron chi connectivity index (χ4n) is 1.11. The molecule has 0 aromatic heterocycles. The van der Waals surface area contributed by atoms with E-state index in [4.69, 9.17) is 5.73 Å². The van der Waals surface area contributed by atoms with Crippen LogP contribution in [0.1, 0.15) is 6.42 Å². The molecule has 17 heavy (non-hydrogen) atoms. The Morgan fingerprint density at radius 1 is 1.12 bits per heavy atom. The Hall–Kier alpha value is -0.350. The lowest BCUT2D eigenvalue weighted by atomic mass is 10.3. The number of hydrogen-bond acceptors (Lipinski definition) is 5. The Labute approximate surface area is 98.0 Å². The molecule has 0 aliphatic rings. The molecule has 10 heteroatoms. The minimum absolute atomic E-state index is 0.442. The van der Waals surface area contributed by atoms with Crippen LogP contribution in [-0.4, -0.2) is 52.6 Å². The second-order valence-corrected chi connectivity index (χ2v) is 8.17. The van der Waals surface area contributed by atoms with E-state index in [9.17, 15) is 30.0 Å². The Kier molecular flexibility index (Phi) is 5.41. The number of alkyl halides is 3. The van der Waals surface area contributed by atoms with Gasteiger partial charge in [0, 0.05) is 6.26 Å². The number of halogens is 3. The first-order chi connectivity index (χ1) is 7.40. The highest BCUT2D eigenvalue weighted by molar-refractivity contribution is 7.95. The molecule has 0 fully saturated rings. The van der Waals surface area contributed by atoms with E-state index in [2.05, 4.69) is 0 Å². The Balaban J connectivity index is 4.99. The quantitative estimate of drug-likeness (QED) is 0.728. The van der Waals surface area contributed by atoms with Gasteiger partial charge >= 0.3 is 6.18 Å². The third kappa shape index (κ3) is 6.22. The van der Waals surface area contributed by atoms with Crippen molar-refractivity contribution in [1.29, 1.82) is 0 Å². The molecule has 0 aromatic carbocycles. The van der Waals surface area contributed by atoms with Crippen LogP contribution >= 0.6 is 0 Å². The maximum Gasteiger partial charge on any atom is 0.405 e. The fourth-order valence-corrected chi connectivity index (χ4v) is 4.44. The van der Waals surface area contributed by atoms with Crippen LogP contribution in [-0.2, 0) is 19.7 Å². The van der Waals surface area contributed by atoms with Crippen LogP contribution in [0.3, 0.4) is 0 Å². The minimum atomic E-state index is -4.93. The average molecular weight is 297 g/mol. The van der Waals surface area contributed by atoms with E-state index < -0.39 is 55.6 Å². The maximum atomic E-state index is 12.4. The number of rotatable bonds is 6. The molecule has 0 saturated heterocycles. The van der Waals surface area contributed by atoms with Crippen molar-refractivity contribution >= 4 is 19.7 Å². The van der Waals surface area contributed by atoms with E-state index in [0.29, 0.717) is 0 Å². The molecular weight excluding hydrogens is 283 g/mol.